The van der Waals surface area contributed by atoms with Gasteiger partial charge in [-0.15, -0.1) is 0 Å². The number of thioether (sulfide) groups is 1. The molecule has 0 aromatic heterocycles. The number of nitrogens with zero attached hydrogens (tertiary/aromatic N) is 1. The third kappa shape index (κ3) is 4.77. The van der Waals surface area contributed by atoms with Crippen LogP contribution < -0.4 is 5.32 Å². The molecule has 0 spiro atoms. The van der Waals surface area contributed by atoms with E-state index in [1.165, 1.54) is 12.1 Å². The van der Waals surface area contributed by atoms with Gasteiger partial charge in [0.05, 0.1) is 5.56 Å². The van der Waals surface area contributed by atoms with E-state index in [4.69, 9.17) is 5.11 Å². The van der Waals surface area contributed by atoms with Gasteiger partial charge < -0.3 is 15.3 Å². The third-order valence-corrected chi connectivity index (χ3v) is 3.75. The number of hydrogen-bond acceptors (Lipinski definition) is 3. The Bertz CT molecular complexity index is 462. The fraction of sp³-hybridized carbons (Fsp3) is 0.429. The van der Waals surface area contributed by atoms with Gasteiger partial charge in [-0.1, -0.05) is 0 Å². The second kappa shape index (κ2) is 7.79. The summed E-state index contributed by atoms with van der Waals surface area (Å²) < 4.78 is 0. The maximum atomic E-state index is 12.0. The largest absolute Gasteiger partial charge is 0.478 e. The van der Waals surface area contributed by atoms with Crippen molar-refractivity contribution in [1.82, 2.24) is 4.90 Å². The number of aromatic carboxylic acids is 1. The fourth-order valence-corrected chi connectivity index (χ4v) is 2.17. The molecule has 1 aromatic carbocycles. The van der Waals surface area contributed by atoms with Crippen LogP contribution in [0.4, 0.5) is 10.5 Å². The molecule has 0 bridgehead atoms. The minimum Gasteiger partial charge on any atom is -0.478 e. The van der Waals surface area contributed by atoms with Gasteiger partial charge >= 0.3 is 12.0 Å². The number of carbonyl (C=O) groups excluding carboxylic acids is 1. The first kappa shape index (κ1) is 16.4. The van der Waals surface area contributed by atoms with Gasteiger partial charge in [-0.2, -0.15) is 11.8 Å². The molecule has 6 heteroatoms. The Hall–Kier alpha value is -1.69. The summed E-state index contributed by atoms with van der Waals surface area (Å²) in [5.74, 6) is 0.0252. The van der Waals surface area contributed by atoms with Crippen molar-refractivity contribution >= 4 is 29.4 Å². The number of hydrogen-bond donors (Lipinski definition) is 2. The van der Waals surface area contributed by atoms with Crippen LogP contribution in [0.3, 0.4) is 0 Å². The SMILES string of the molecule is CSCCC(C)N(C)C(=O)Nc1ccc(C(=O)O)cc1. The van der Waals surface area contributed by atoms with Crippen molar-refractivity contribution in [2.24, 2.45) is 0 Å². The summed E-state index contributed by atoms with van der Waals surface area (Å²) >= 11 is 1.75. The molecule has 110 valence electrons. The van der Waals surface area contributed by atoms with E-state index in [9.17, 15) is 9.59 Å². The lowest BCUT2D eigenvalue weighted by Gasteiger charge is -2.25. The maximum absolute atomic E-state index is 12.0. The highest BCUT2D eigenvalue weighted by Crippen LogP contribution is 2.12. The van der Waals surface area contributed by atoms with Crippen molar-refractivity contribution < 1.29 is 14.7 Å². The number of carboxylic acids is 1. The molecule has 1 aromatic rings. The lowest BCUT2D eigenvalue weighted by Crippen LogP contribution is -2.38. The molecule has 1 unspecified atom stereocenters. The van der Waals surface area contributed by atoms with Gasteiger partial charge in [0.2, 0.25) is 0 Å². The molecule has 0 fully saturated rings. The highest BCUT2D eigenvalue weighted by Gasteiger charge is 2.15. The van der Waals surface area contributed by atoms with Crippen LogP contribution in [0.25, 0.3) is 0 Å². The van der Waals surface area contributed by atoms with Crippen molar-refractivity contribution in [1.29, 1.82) is 0 Å². The first-order valence-electron chi connectivity index (χ1n) is 6.31. The van der Waals surface area contributed by atoms with Crippen LogP contribution in [-0.4, -0.2) is 47.1 Å². The molecule has 20 heavy (non-hydrogen) atoms. The van der Waals surface area contributed by atoms with Crippen molar-refractivity contribution in [3.63, 3.8) is 0 Å². The number of carbonyl (C=O) groups is 2. The van der Waals surface area contributed by atoms with Gasteiger partial charge in [0, 0.05) is 18.8 Å². The van der Waals surface area contributed by atoms with E-state index in [-0.39, 0.29) is 17.6 Å². The molecule has 2 N–H and O–H groups in total. The molecular formula is C14H20N2O3S. The van der Waals surface area contributed by atoms with Crippen LogP contribution in [0.15, 0.2) is 24.3 Å². The van der Waals surface area contributed by atoms with Crippen molar-refractivity contribution in [2.75, 3.05) is 24.4 Å². The molecule has 0 radical (unpaired) electrons. The zero-order valence-electron chi connectivity index (χ0n) is 11.9. The van der Waals surface area contributed by atoms with Gasteiger partial charge in [-0.05, 0) is 49.6 Å². The van der Waals surface area contributed by atoms with E-state index >= 15 is 0 Å². The second-order valence-electron chi connectivity index (χ2n) is 4.55. The molecule has 1 atom stereocenters. The predicted molar refractivity (Wildman–Crippen MR) is 82.6 cm³/mol. The summed E-state index contributed by atoms with van der Waals surface area (Å²) in [5.41, 5.74) is 0.786. The molecular weight excluding hydrogens is 276 g/mol. The Labute approximate surface area is 123 Å². The molecule has 0 heterocycles. The monoisotopic (exact) mass is 296 g/mol. The van der Waals surface area contributed by atoms with Gasteiger partial charge in [0.25, 0.3) is 0 Å². The fourth-order valence-electron chi connectivity index (χ4n) is 1.59. The number of carboxylic acid groups (broad SMARTS) is 1. The molecule has 5 nitrogen and oxygen atoms in total. The van der Waals surface area contributed by atoms with E-state index in [1.54, 1.807) is 35.8 Å². The van der Waals surface area contributed by atoms with Crippen LogP contribution in [0, 0.1) is 0 Å². The molecule has 0 aliphatic carbocycles. The number of urea groups is 1. The molecule has 1 rings (SSSR count). The van der Waals surface area contributed by atoms with Crippen molar-refractivity contribution in [3.05, 3.63) is 29.8 Å². The zero-order chi connectivity index (χ0) is 15.1. The van der Waals surface area contributed by atoms with E-state index in [2.05, 4.69) is 5.32 Å². The van der Waals surface area contributed by atoms with E-state index in [0.717, 1.165) is 12.2 Å². The highest BCUT2D eigenvalue weighted by molar-refractivity contribution is 7.98. The summed E-state index contributed by atoms with van der Waals surface area (Å²) in [6, 6.07) is 6.07. The smallest absolute Gasteiger partial charge is 0.335 e. The van der Waals surface area contributed by atoms with Gasteiger partial charge in [-0.3, -0.25) is 0 Å². The molecule has 0 saturated heterocycles. The van der Waals surface area contributed by atoms with E-state index in [1.807, 2.05) is 13.2 Å². The van der Waals surface area contributed by atoms with Crippen LogP contribution in [0.5, 0.6) is 0 Å². The normalized spacial score (nSPS) is 11.8. The number of rotatable bonds is 6. The van der Waals surface area contributed by atoms with Crippen molar-refractivity contribution in [3.8, 4) is 0 Å². The maximum Gasteiger partial charge on any atom is 0.335 e. The lowest BCUT2D eigenvalue weighted by atomic mass is 10.2. The number of nitrogens with one attached hydrogen (secondary N) is 1. The van der Waals surface area contributed by atoms with Crippen molar-refractivity contribution in [2.45, 2.75) is 19.4 Å². The van der Waals surface area contributed by atoms with Crippen LogP contribution in [0.1, 0.15) is 23.7 Å². The molecule has 2 amide bonds. The van der Waals surface area contributed by atoms with E-state index < -0.39 is 5.97 Å². The summed E-state index contributed by atoms with van der Waals surface area (Å²) in [6.45, 7) is 2.00. The summed E-state index contributed by atoms with van der Waals surface area (Å²) in [5, 5.41) is 11.6. The van der Waals surface area contributed by atoms with Crippen LogP contribution >= 0.6 is 11.8 Å². The first-order valence-corrected chi connectivity index (χ1v) is 7.71. The van der Waals surface area contributed by atoms with Crippen LogP contribution in [-0.2, 0) is 0 Å². The first-order chi connectivity index (χ1) is 9.45. The van der Waals surface area contributed by atoms with Crippen LogP contribution in [0.2, 0.25) is 0 Å². The molecule has 0 aliphatic rings. The minimum atomic E-state index is -0.981. The number of anilines is 1. The highest BCUT2D eigenvalue weighted by atomic mass is 32.2. The average molecular weight is 296 g/mol. The topological polar surface area (TPSA) is 69.6 Å². The number of amides is 2. The Balaban J connectivity index is 2.58. The Morgan fingerprint density at radius 3 is 2.45 bits per heavy atom. The Morgan fingerprint density at radius 1 is 1.35 bits per heavy atom. The standard InChI is InChI=1S/C14H20N2O3S/c1-10(8-9-20-3)16(2)14(19)15-12-6-4-11(5-7-12)13(17)18/h4-7,10H,8-9H2,1-3H3,(H,15,19)(H,17,18). The third-order valence-electron chi connectivity index (χ3n) is 3.10. The molecule has 0 aliphatic heterocycles. The molecule has 0 saturated carbocycles. The Kier molecular flexibility index (Phi) is 6.38. The number of benzene rings is 1. The minimum absolute atomic E-state index is 0.153. The zero-order valence-corrected chi connectivity index (χ0v) is 12.7. The Morgan fingerprint density at radius 2 is 1.95 bits per heavy atom. The quantitative estimate of drug-likeness (QED) is 0.846. The van der Waals surface area contributed by atoms with E-state index in [0.29, 0.717) is 5.69 Å². The average Bonchev–Trinajstić information content (AvgIpc) is 2.44. The summed E-state index contributed by atoms with van der Waals surface area (Å²) in [6.07, 6.45) is 2.97. The summed E-state index contributed by atoms with van der Waals surface area (Å²) in [4.78, 5) is 24.4. The van der Waals surface area contributed by atoms with Gasteiger partial charge in [0.15, 0.2) is 0 Å². The van der Waals surface area contributed by atoms with Gasteiger partial charge in [-0.25, -0.2) is 9.59 Å². The lowest BCUT2D eigenvalue weighted by molar-refractivity contribution is 0.0697. The summed E-state index contributed by atoms with van der Waals surface area (Å²) in [7, 11) is 1.76. The second-order valence-corrected chi connectivity index (χ2v) is 5.54. The predicted octanol–water partition coefficient (Wildman–Crippen LogP) is 2.99. The van der Waals surface area contributed by atoms with Gasteiger partial charge in [0.1, 0.15) is 0 Å².